The van der Waals surface area contributed by atoms with Crippen molar-refractivity contribution in [3.8, 4) is 11.5 Å². The highest BCUT2D eigenvalue weighted by molar-refractivity contribution is 5.79. The summed E-state index contributed by atoms with van der Waals surface area (Å²) in [7, 11) is 3.20. The van der Waals surface area contributed by atoms with Crippen molar-refractivity contribution < 1.29 is 24.2 Å². The van der Waals surface area contributed by atoms with Gasteiger partial charge in [0.25, 0.3) is 0 Å². The summed E-state index contributed by atoms with van der Waals surface area (Å²) >= 11 is 0. The second-order valence-electron chi connectivity index (χ2n) is 6.92. The number of benzene rings is 1. The molecule has 0 unspecified atom stereocenters. The monoisotopic (exact) mass is 347 g/mol. The minimum Gasteiger partial charge on any atom is -0.497 e. The van der Waals surface area contributed by atoms with Crippen LogP contribution in [0.5, 0.6) is 11.5 Å². The summed E-state index contributed by atoms with van der Waals surface area (Å²) in [5.74, 6) is 0.882. The molecule has 1 saturated carbocycles. The Labute approximate surface area is 147 Å². The minimum absolute atomic E-state index is 0.0132. The standard InChI is InChI=1S/C19H25NO5/c1-24-14-6-7-17(25-2)13(9-14)5-8-18(21)20-10-15(12-3-4-12)16(11-20)19(22)23/h6-7,9,12,15-16H,3-5,8,10-11H2,1-2H3,(H,22,23)/t15-,16+/m1/s1. The number of hydrogen-bond acceptors (Lipinski definition) is 4. The van der Waals surface area contributed by atoms with Gasteiger partial charge in [-0.3, -0.25) is 9.59 Å². The number of hydrogen-bond donors (Lipinski definition) is 1. The van der Waals surface area contributed by atoms with E-state index in [9.17, 15) is 14.7 Å². The maximum absolute atomic E-state index is 12.6. The minimum atomic E-state index is -0.776. The van der Waals surface area contributed by atoms with E-state index in [0.29, 0.717) is 31.8 Å². The van der Waals surface area contributed by atoms with Crippen molar-refractivity contribution >= 4 is 11.9 Å². The highest BCUT2D eigenvalue weighted by atomic mass is 16.5. The van der Waals surface area contributed by atoms with Gasteiger partial charge in [0, 0.05) is 19.5 Å². The van der Waals surface area contributed by atoms with E-state index in [1.165, 1.54) is 0 Å². The highest BCUT2D eigenvalue weighted by Gasteiger charge is 2.46. The molecule has 0 spiro atoms. The maximum atomic E-state index is 12.6. The van der Waals surface area contributed by atoms with Gasteiger partial charge in [-0.25, -0.2) is 0 Å². The van der Waals surface area contributed by atoms with Gasteiger partial charge in [0.05, 0.1) is 20.1 Å². The Balaban J connectivity index is 1.62. The molecule has 1 aliphatic carbocycles. The molecule has 6 heteroatoms. The molecule has 1 N–H and O–H groups in total. The lowest BCUT2D eigenvalue weighted by Gasteiger charge is -2.17. The van der Waals surface area contributed by atoms with Crippen LogP contribution in [-0.2, 0) is 16.0 Å². The average Bonchev–Trinajstić information content (AvgIpc) is 3.37. The van der Waals surface area contributed by atoms with E-state index >= 15 is 0 Å². The third-order valence-corrected chi connectivity index (χ3v) is 5.36. The van der Waals surface area contributed by atoms with Gasteiger partial charge in [-0.1, -0.05) is 0 Å². The third-order valence-electron chi connectivity index (χ3n) is 5.36. The first-order valence-corrected chi connectivity index (χ1v) is 8.75. The zero-order valence-electron chi connectivity index (χ0n) is 14.7. The van der Waals surface area contributed by atoms with E-state index in [1.54, 1.807) is 19.1 Å². The Morgan fingerprint density at radius 3 is 2.56 bits per heavy atom. The zero-order chi connectivity index (χ0) is 18.0. The molecule has 0 aromatic heterocycles. The van der Waals surface area contributed by atoms with Crippen LogP contribution in [0.2, 0.25) is 0 Å². The van der Waals surface area contributed by atoms with Crippen LogP contribution in [0.4, 0.5) is 0 Å². The fourth-order valence-electron chi connectivity index (χ4n) is 3.77. The van der Waals surface area contributed by atoms with Crippen molar-refractivity contribution in [3.63, 3.8) is 0 Å². The Kier molecular flexibility index (Phi) is 5.16. The van der Waals surface area contributed by atoms with Crippen LogP contribution in [-0.4, -0.2) is 49.2 Å². The van der Waals surface area contributed by atoms with Gasteiger partial charge >= 0.3 is 5.97 Å². The van der Waals surface area contributed by atoms with E-state index < -0.39 is 11.9 Å². The van der Waals surface area contributed by atoms with Gasteiger partial charge in [0.2, 0.25) is 5.91 Å². The lowest BCUT2D eigenvalue weighted by molar-refractivity contribution is -0.142. The lowest BCUT2D eigenvalue weighted by atomic mass is 9.92. The second-order valence-corrected chi connectivity index (χ2v) is 6.92. The number of carbonyl (C=O) groups is 2. The number of likely N-dealkylation sites (tertiary alicyclic amines) is 1. The van der Waals surface area contributed by atoms with Crippen LogP contribution in [0.1, 0.15) is 24.8 Å². The molecule has 1 aliphatic heterocycles. The van der Waals surface area contributed by atoms with Crippen molar-refractivity contribution in [3.05, 3.63) is 23.8 Å². The first kappa shape index (κ1) is 17.6. The predicted molar refractivity (Wildman–Crippen MR) is 91.8 cm³/mol. The van der Waals surface area contributed by atoms with Gasteiger partial charge in [-0.15, -0.1) is 0 Å². The van der Waals surface area contributed by atoms with Crippen LogP contribution in [0, 0.1) is 17.8 Å². The lowest BCUT2D eigenvalue weighted by Crippen LogP contribution is -2.30. The smallest absolute Gasteiger partial charge is 0.308 e. The molecule has 136 valence electrons. The molecule has 1 aromatic rings. The van der Waals surface area contributed by atoms with Crippen LogP contribution in [0.25, 0.3) is 0 Å². The van der Waals surface area contributed by atoms with E-state index in [1.807, 2.05) is 18.2 Å². The number of aliphatic carboxylic acids is 1. The summed E-state index contributed by atoms with van der Waals surface area (Å²) in [6.07, 6.45) is 3.07. The van der Waals surface area contributed by atoms with Crippen molar-refractivity contribution in [2.75, 3.05) is 27.3 Å². The highest BCUT2D eigenvalue weighted by Crippen LogP contribution is 2.44. The first-order chi connectivity index (χ1) is 12.0. The molecule has 0 radical (unpaired) electrons. The summed E-state index contributed by atoms with van der Waals surface area (Å²) in [6, 6.07) is 5.53. The zero-order valence-corrected chi connectivity index (χ0v) is 14.7. The van der Waals surface area contributed by atoms with E-state index in [0.717, 1.165) is 29.9 Å². The number of rotatable bonds is 7. The fourth-order valence-corrected chi connectivity index (χ4v) is 3.77. The van der Waals surface area contributed by atoms with Crippen LogP contribution < -0.4 is 9.47 Å². The molecule has 1 heterocycles. The molecule has 0 bridgehead atoms. The molecular formula is C19H25NO5. The van der Waals surface area contributed by atoms with Crippen LogP contribution >= 0.6 is 0 Å². The van der Waals surface area contributed by atoms with Gasteiger partial charge in [0.1, 0.15) is 11.5 Å². The molecule has 2 atom stereocenters. The summed E-state index contributed by atoms with van der Waals surface area (Å²) in [4.78, 5) is 25.8. The molecule has 1 amide bonds. The van der Waals surface area contributed by atoms with Gasteiger partial charge < -0.3 is 19.5 Å². The average molecular weight is 347 g/mol. The van der Waals surface area contributed by atoms with E-state index in [-0.39, 0.29) is 11.8 Å². The molecular weight excluding hydrogens is 322 g/mol. The predicted octanol–water partition coefficient (Wildman–Crippen LogP) is 2.21. The first-order valence-electron chi connectivity index (χ1n) is 8.75. The molecule has 25 heavy (non-hydrogen) atoms. The molecule has 2 fully saturated rings. The second kappa shape index (κ2) is 7.33. The number of nitrogens with zero attached hydrogens (tertiary/aromatic N) is 1. The van der Waals surface area contributed by atoms with Gasteiger partial charge in [-0.2, -0.15) is 0 Å². The normalized spacial score (nSPS) is 22.7. The number of carboxylic acids is 1. The summed E-state index contributed by atoms with van der Waals surface area (Å²) in [5.41, 5.74) is 0.919. The molecule has 1 saturated heterocycles. The third kappa shape index (κ3) is 3.89. The Bertz CT molecular complexity index is 655. The summed E-state index contributed by atoms with van der Waals surface area (Å²) in [6.45, 7) is 0.917. The number of carbonyl (C=O) groups excluding carboxylic acids is 1. The van der Waals surface area contributed by atoms with Crippen molar-refractivity contribution in [2.45, 2.75) is 25.7 Å². The summed E-state index contributed by atoms with van der Waals surface area (Å²) < 4.78 is 10.6. The van der Waals surface area contributed by atoms with Crippen LogP contribution in [0.15, 0.2) is 18.2 Å². The van der Waals surface area contributed by atoms with Gasteiger partial charge in [0.15, 0.2) is 0 Å². The maximum Gasteiger partial charge on any atom is 0.308 e. The van der Waals surface area contributed by atoms with Gasteiger partial charge in [-0.05, 0) is 54.9 Å². The largest absolute Gasteiger partial charge is 0.497 e. The van der Waals surface area contributed by atoms with Crippen LogP contribution in [0.3, 0.4) is 0 Å². The topological polar surface area (TPSA) is 76.1 Å². The van der Waals surface area contributed by atoms with E-state index in [2.05, 4.69) is 0 Å². The molecule has 1 aromatic carbocycles. The molecule has 3 rings (SSSR count). The number of carboxylic acid groups (broad SMARTS) is 1. The Hall–Kier alpha value is -2.24. The number of amides is 1. The molecule has 2 aliphatic rings. The molecule has 6 nitrogen and oxygen atoms in total. The summed E-state index contributed by atoms with van der Waals surface area (Å²) in [5, 5.41) is 9.43. The van der Waals surface area contributed by atoms with Crippen molar-refractivity contribution in [1.82, 2.24) is 4.90 Å². The number of ether oxygens (including phenoxy) is 2. The number of methoxy groups -OCH3 is 2. The quantitative estimate of drug-likeness (QED) is 0.818. The van der Waals surface area contributed by atoms with Crippen molar-refractivity contribution in [1.29, 1.82) is 0 Å². The Morgan fingerprint density at radius 1 is 1.20 bits per heavy atom. The fraction of sp³-hybridized carbons (Fsp3) is 0.579. The SMILES string of the molecule is COc1ccc(OC)c(CCC(=O)N2C[C@H](C(=O)O)[C@@H](C3CC3)C2)c1. The van der Waals surface area contributed by atoms with Crippen molar-refractivity contribution in [2.24, 2.45) is 17.8 Å². The van der Waals surface area contributed by atoms with E-state index in [4.69, 9.17) is 9.47 Å². The number of aryl methyl sites for hydroxylation is 1. The Morgan fingerprint density at radius 2 is 1.96 bits per heavy atom.